The number of carbonyl (C=O) groups excluding carboxylic acids is 2. The summed E-state index contributed by atoms with van der Waals surface area (Å²) in [5.74, 6) is -1.05. The maximum atomic E-state index is 13.3. The minimum absolute atomic E-state index is 0.0459. The highest BCUT2D eigenvalue weighted by Gasteiger charge is 2.20. The molecule has 36 heavy (non-hydrogen) atoms. The zero-order valence-electron chi connectivity index (χ0n) is 20.3. The van der Waals surface area contributed by atoms with E-state index >= 15 is 0 Å². The van der Waals surface area contributed by atoms with Gasteiger partial charge < -0.3 is 14.0 Å². The number of carbonyl (C=O) groups is 2. The fourth-order valence-corrected chi connectivity index (χ4v) is 4.01. The number of nitrogens with zero attached hydrogens (tertiary/aromatic N) is 4. The van der Waals surface area contributed by atoms with E-state index in [1.807, 2.05) is 30.3 Å². The smallest absolute Gasteiger partial charge is 0.341 e. The molecule has 4 rings (SSSR count). The number of amides is 1. The highest BCUT2D eigenvalue weighted by molar-refractivity contribution is 5.93. The van der Waals surface area contributed by atoms with E-state index in [1.54, 1.807) is 43.0 Å². The van der Waals surface area contributed by atoms with Crippen LogP contribution in [0.1, 0.15) is 35.7 Å². The lowest BCUT2D eigenvalue weighted by atomic mass is 10.1. The summed E-state index contributed by atoms with van der Waals surface area (Å²) in [5.41, 5.74) is 1.64. The van der Waals surface area contributed by atoms with Crippen LogP contribution < -0.4 is 11.0 Å². The van der Waals surface area contributed by atoms with Crippen LogP contribution in [-0.2, 0) is 27.2 Å². The second-order valence-electron chi connectivity index (χ2n) is 8.17. The van der Waals surface area contributed by atoms with Crippen LogP contribution in [0.4, 0.5) is 0 Å². The summed E-state index contributed by atoms with van der Waals surface area (Å²) in [5, 5.41) is 0.231. The van der Waals surface area contributed by atoms with Gasteiger partial charge in [-0.2, -0.15) is 4.99 Å². The molecule has 0 saturated carbocycles. The maximum Gasteiger partial charge on any atom is 0.341 e. The molecule has 4 aromatic rings. The average molecular weight is 489 g/mol. The van der Waals surface area contributed by atoms with Crippen molar-refractivity contribution < 1.29 is 19.1 Å². The van der Waals surface area contributed by atoms with E-state index in [-0.39, 0.29) is 40.9 Å². The third-order valence-corrected chi connectivity index (χ3v) is 5.72. The number of ether oxygens (including phenoxy) is 2. The first-order valence-corrected chi connectivity index (χ1v) is 11.9. The van der Waals surface area contributed by atoms with Crippen LogP contribution in [0.5, 0.6) is 0 Å². The van der Waals surface area contributed by atoms with Crippen LogP contribution in [0.25, 0.3) is 16.7 Å². The van der Waals surface area contributed by atoms with Gasteiger partial charge in [0, 0.05) is 32.9 Å². The van der Waals surface area contributed by atoms with Gasteiger partial charge in [-0.25, -0.2) is 9.78 Å². The molecule has 3 aromatic heterocycles. The van der Waals surface area contributed by atoms with Crippen molar-refractivity contribution in [1.82, 2.24) is 14.0 Å². The third kappa shape index (κ3) is 5.41. The number of pyridine rings is 2. The van der Waals surface area contributed by atoms with Crippen molar-refractivity contribution in [1.29, 1.82) is 0 Å². The van der Waals surface area contributed by atoms with Crippen molar-refractivity contribution in [2.75, 3.05) is 20.3 Å². The average Bonchev–Trinajstić information content (AvgIpc) is 2.89. The van der Waals surface area contributed by atoms with Gasteiger partial charge in [0.05, 0.1) is 12.0 Å². The monoisotopic (exact) mass is 488 g/mol. The van der Waals surface area contributed by atoms with Gasteiger partial charge in [0.25, 0.3) is 5.56 Å². The second kappa shape index (κ2) is 11.5. The number of aromatic nitrogens is 3. The Morgan fingerprint density at radius 2 is 1.86 bits per heavy atom. The molecule has 186 valence electrons. The van der Waals surface area contributed by atoms with E-state index in [0.717, 1.165) is 5.56 Å². The number of rotatable bonds is 9. The Balaban J connectivity index is 1.93. The lowest BCUT2D eigenvalue weighted by Gasteiger charge is -2.15. The predicted molar refractivity (Wildman–Crippen MR) is 135 cm³/mol. The Morgan fingerprint density at radius 3 is 2.61 bits per heavy atom. The van der Waals surface area contributed by atoms with Crippen molar-refractivity contribution in [3.8, 4) is 0 Å². The predicted octanol–water partition coefficient (Wildman–Crippen LogP) is 2.92. The van der Waals surface area contributed by atoms with Gasteiger partial charge in [-0.3, -0.25) is 14.0 Å². The van der Waals surface area contributed by atoms with Gasteiger partial charge in [0.1, 0.15) is 16.9 Å². The topological polar surface area (TPSA) is 104 Å². The molecule has 0 bridgehead atoms. The molecule has 3 heterocycles. The minimum Gasteiger partial charge on any atom is -0.462 e. The molecular weight excluding hydrogens is 460 g/mol. The summed E-state index contributed by atoms with van der Waals surface area (Å²) in [6.45, 7) is 2.60. The van der Waals surface area contributed by atoms with Crippen molar-refractivity contribution >= 4 is 28.6 Å². The van der Waals surface area contributed by atoms with E-state index < -0.39 is 5.97 Å². The Kier molecular flexibility index (Phi) is 8.02. The van der Waals surface area contributed by atoms with Crippen molar-refractivity contribution in [3.05, 3.63) is 87.8 Å². The Labute approximate surface area is 207 Å². The highest BCUT2D eigenvalue weighted by Crippen LogP contribution is 2.12. The summed E-state index contributed by atoms with van der Waals surface area (Å²) >= 11 is 0. The third-order valence-electron chi connectivity index (χ3n) is 5.72. The van der Waals surface area contributed by atoms with Crippen LogP contribution in [0, 0.1) is 0 Å². The minimum atomic E-state index is -0.660. The summed E-state index contributed by atoms with van der Waals surface area (Å²) in [6, 6.07) is 16.3. The molecule has 0 saturated heterocycles. The number of hydrogen-bond acceptors (Lipinski definition) is 6. The molecule has 9 nitrogen and oxygen atoms in total. The Bertz CT molecular complexity index is 1520. The molecule has 0 radical (unpaired) electrons. The summed E-state index contributed by atoms with van der Waals surface area (Å²) in [4.78, 5) is 48.3. The first kappa shape index (κ1) is 25.0. The van der Waals surface area contributed by atoms with Gasteiger partial charge in [0.2, 0.25) is 5.91 Å². The largest absolute Gasteiger partial charge is 0.462 e. The quantitative estimate of drug-likeness (QED) is 0.204. The standard InChI is InChI=1S/C27H28N4O5/c1-3-36-27(34)21-18-20-24(28-22-12-7-8-15-30(22)26(20)33)31(16-9-17-35-2)25(21)29-23(32)14-13-19-10-5-4-6-11-19/h4-8,10-12,15,18H,3,9,13-14,16-17H2,1-2H3. The molecule has 0 unspecified atom stereocenters. The van der Waals surface area contributed by atoms with Crippen molar-refractivity contribution in [3.63, 3.8) is 0 Å². The molecule has 0 spiro atoms. The second-order valence-corrected chi connectivity index (χ2v) is 8.17. The number of aryl methyl sites for hydroxylation is 2. The van der Waals surface area contributed by atoms with E-state index in [0.29, 0.717) is 37.3 Å². The van der Waals surface area contributed by atoms with Crippen LogP contribution in [-0.4, -0.2) is 46.2 Å². The number of methoxy groups -OCH3 is 1. The zero-order chi connectivity index (χ0) is 25.5. The van der Waals surface area contributed by atoms with Gasteiger partial charge in [-0.05, 0) is 43.5 Å². The van der Waals surface area contributed by atoms with E-state index in [1.165, 1.54) is 10.5 Å². The summed E-state index contributed by atoms with van der Waals surface area (Å²) < 4.78 is 13.5. The van der Waals surface area contributed by atoms with Crippen LogP contribution in [0.15, 0.2) is 70.6 Å². The summed E-state index contributed by atoms with van der Waals surface area (Å²) in [6.07, 6.45) is 2.85. The SMILES string of the molecule is CCOC(=O)c1cc2c(=O)n3ccccc3nc2n(CCCOC)c1=NC(=O)CCc1ccccc1. The van der Waals surface area contributed by atoms with Gasteiger partial charge in [0.15, 0.2) is 5.49 Å². The number of fused-ring (bicyclic) bond motifs is 2. The first-order chi connectivity index (χ1) is 17.5. The fourth-order valence-electron chi connectivity index (χ4n) is 4.01. The van der Waals surface area contributed by atoms with Crippen molar-refractivity contribution in [2.45, 2.75) is 32.7 Å². The van der Waals surface area contributed by atoms with Gasteiger partial charge in [-0.15, -0.1) is 0 Å². The Morgan fingerprint density at radius 1 is 1.08 bits per heavy atom. The molecule has 0 fully saturated rings. The molecule has 1 amide bonds. The molecule has 0 aliphatic heterocycles. The maximum absolute atomic E-state index is 13.3. The molecular formula is C27H28N4O5. The normalized spacial score (nSPS) is 11.8. The summed E-state index contributed by atoms with van der Waals surface area (Å²) in [7, 11) is 1.59. The first-order valence-electron chi connectivity index (χ1n) is 11.9. The fraction of sp³-hybridized carbons (Fsp3) is 0.296. The highest BCUT2D eigenvalue weighted by atomic mass is 16.5. The molecule has 0 N–H and O–H groups in total. The molecule has 9 heteroatoms. The van der Waals surface area contributed by atoms with E-state index in [9.17, 15) is 14.4 Å². The molecule has 0 aliphatic carbocycles. The molecule has 0 atom stereocenters. The van der Waals surface area contributed by atoms with E-state index in [2.05, 4.69) is 9.98 Å². The van der Waals surface area contributed by atoms with Crippen LogP contribution in [0.2, 0.25) is 0 Å². The van der Waals surface area contributed by atoms with Gasteiger partial charge >= 0.3 is 5.97 Å². The molecule has 0 aliphatic rings. The molecule has 1 aromatic carbocycles. The van der Waals surface area contributed by atoms with Gasteiger partial charge in [-0.1, -0.05) is 36.4 Å². The van der Waals surface area contributed by atoms with E-state index in [4.69, 9.17) is 9.47 Å². The van der Waals surface area contributed by atoms with Crippen LogP contribution in [0.3, 0.4) is 0 Å². The number of esters is 1. The lowest BCUT2D eigenvalue weighted by molar-refractivity contribution is -0.118. The number of hydrogen-bond donors (Lipinski definition) is 0. The lowest BCUT2D eigenvalue weighted by Crippen LogP contribution is -2.33. The van der Waals surface area contributed by atoms with Crippen molar-refractivity contribution in [2.24, 2.45) is 4.99 Å². The zero-order valence-corrected chi connectivity index (χ0v) is 20.3. The Hall–Kier alpha value is -4.11. The number of benzene rings is 1. The van der Waals surface area contributed by atoms with Crippen LogP contribution >= 0.6 is 0 Å².